The molecule has 30 heavy (non-hydrogen) atoms. The highest BCUT2D eigenvalue weighted by molar-refractivity contribution is 5.93. The number of para-hydroxylation sites is 1. The largest absolute Gasteiger partial charge is 0.488 e. The minimum Gasteiger partial charge on any atom is -0.488 e. The zero-order valence-electron chi connectivity index (χ0n) is 15.9. The molecule has 150 valence electrons. The molecule has 0 aliphatic rings. The summed E-state index contributed by atoms with van der Waals surface area (Å²) in [5, 5.41) is 6.75. The van der Waals surface area contributed by atoms with Crippen molar-refractivity contribution in [2.75, 3.05) is 6.61 Å². The maximum absolute atomic E-state index is 13.9. The summed E-state index contributed by atoms with van der Waals surface area (Å²) in [4.78, 5) is 16.7. The number of benzene rings is 2. The highest BCUT2D eigenvalue weighted by Crippen LogP contribution is 2.22. The monoisotopic (exact) mass is 403 g/mol. The van der Waals surface area contributed by atoms with Crippen molar-refractivity contribution in [2.24, 2.45) is 0 Å². The zero-order chi connectivity index (χ0) is 20.8. The summed E-state index contributed by atoms with van der Waals surface area (Å²) in [5.41, 5.74) is 1.72. The molecule has 0 radical (unpaired) electrons. The van der Waals surface area contributed by atoms with Crippen molar-refractivity contribution in [1.29, 1.82) is 0 Å². The molecule has 0 spiro atoms. The number of amides is 1. The molecule has 1 N–H and O–H groups in total. The van der Waals surface area contributed by atoms with Gasteiger partial charge in [-0.1, -0.05) is 47.6 Å². The van der Waals surface area contributed by atoms with Gasteiger partial charge in [0.1, 0.15) is 6.61 Å². The van der Waals surface area contributed by atoms with Gasteiger partial charge in [-0.05, 0) is 29.8 Å². The van der Waals surface area contributed by atoms with Crippen LogP contribution in [0.25, 0.3) is 11.3 Å². The van der Waals surface area contributed by atoms with Crippen molar-refractivity contribution in [3.63, 3.8) is 0 Å². The fourth-order valence-electron chi connectivity index (χ4n) is 2.91. The molecule has 0 saturated heterocycles. The number of nitrogens with one attached hydrogen (secondary N) is 1. The Bertz CT molecular complexity index is 1120. The molecule has 4 aromatic rings. The first kappa shape index (κ1) is 19.3. The van der Waals surface area contributed by atoms with E-state index in [0.717, 1.165) is 11.1 Å². The average molecular weight is 403 g/mol. The Morgan fingerprint density at radius 2 is 1.77 bits per heavy atom. The minimum atomic E-state index is -0.514. The Hall–Kier alpha value is -4.00. The lowest BCUT2D eigenvalue weighted by molar-refractivity contribution is 0.0911. The van der Waals surface area contributed by atoms with Crippen molar-refractivity contribution in [2.45, 2.75) is 6.04 Å². The molecule has 1 unspecified atom stereocenters. The van der Waals surface area contributed by atoms with Gasteiger partial charge in [0.05, 0.1) is 6.04 Å². The van der Waals surface area contributed by atoms with Crippen LogP contribution in [0.15, 0.2) is 89.7 Å². The zero-order valence-corrected chi connectivity index (χ0v) is 15.9. The third-order valence-electron chi connectivity index (χ3n) is 4.46. The number of hydrogen-bond acceptors (Lipinski definition) is 5. The Balaban J connectivity index is 1.51. The lowest BCUT2D eigenvalue weighted by atomic mass is 10.1. The third kappa shape index (κ3) is 4.52. The van der Waals surface area contributed by atoms with E-state index < -0.39 is 17.8 Å². The molecule has 0 saturated carbocycles. The van der Waals surface area contributed by atoms with Crippen molar-refractivity contribution in [3.05, 3.63) is 102 Å². The van der Waals surface area contributed by atoms with Crippen LogP contribution in [0, 0.1) is 5.82 Å². The molecule has 2 aromatic carbocycles. The lowest BCUT2D eigenvalue weighted by Crippen LogP contribution is -2.32. The molecule has 7 heteroatoms. The standard InChI is InChI=1S/C23H18FN3O3/c24-18-8-4-5-9-21(18)29-15-20(16-6-2-1-3-7-16)26-23(28)19-14-22(30-27-19)17-10-12-25-13-11-17/h1-14,20H,15H2,(H,26,28). The van der Waals surface area contributed by atoms with Gasteiger partial charge in [0, 0.05) is 24.0 Å². The lowest BCUT2D eigenvalue weighted by Gasteiger charge is -2.19. The van der Waals surface area contributed by atoms with E-state index in [9.17, 15) is 9.18 Å². The van der Waals surface area contributed by atoms with Crippen LogP contribution in [0.5, 0.6) is 5.75 Å². The number of carbonyl (C=O) groups excluding carboxylic acids is 1. The van der Waals surface area contributed by atoms with Gasteiger partial charge in [-0.25, -0.2) is 4.39 Å². The van der Waals surface area contributed by atoms with Gasteiger partial charge in [-0.15, -0.1) is 0 Å². The van der Waals surface area contributed by atoms with E-state index >= 15 is 0 Å². The maximum Gasteiger partial charge on any atom is 0.274 e. The van der Waals surface area contributed by atoms with Crippen molar-refractivity contribution in [3.8, 4) is 17.1 Å². The summed E-state index contributed by atoms with van der Waals surface area (Å²) in [6.45, 7) is 0.0474. The van der Waals surface area contributed by atoms with Crippen LogP contribution in [0.4, 0.5) is 4.39 Å². The van der Waals surface area contributed by atoms with Gasteiger partial charge in [-0.3, -0.25) is 9.78 Å². The van der Waals surface area contributed by atoms with E-state index in [2.05, 4.69) is 15.5 Å². The molecule has 1 atom stereocenters. The fourth-order valence-corrected chi connectivity index (χ4v) is 2.91. The van der Waals surface area contributed by atoms with Crippen LogP contribution in [0.3, 0.4) is 0 Å². The summed E-state index contributed by atoms with van der Waals surface area (Å²) in [5.74, 6) is -0.310. The quantitative estimate of drug-likeness (QED) is 0.494. The molecule has 2 aromatic heterocycles. The Labute approximate surface area is 172 Å². The number of carbonyl (C=O) groups is 1. The SMILES string of the molecule is O=C(NC(COc1ccccc1F)c1ccccc1)c1cc(-c2ccncc2)on1. The molecule has 0 aliphatic carbocycles. The number of rotatable bonds is 7. The van der Waals surface area contributed by atoms with Crippen molar-refractivity contribution in [1.82, 2.24) is 15.5 Å². The van der Waals surface area contributed by atoms with Gasteiger partial charge in [0.15, 0.2) is 23.0 Å². The molecule has 0 aliphatic heterocycles. The van der Waals surface area contributed by atoms with Gasteiger partial charge in [-0.2, -0.15) is 0 Å². The molecule has 1 amide bonds. The van der Waals surface area contributed by atoms with Crippen LogP contribution in [0.1, 0.15) is 22.1 Å². The van der Waals surface area contributed by atoms with Crippen LogP contribution >= 0.6 is 0 Å². The maximum atomic E-state index is 13.9. The van der Waals surface area contributed by atoms with E-state index in [0.29, 0.717) is 5.76 Å². The molecule has 4 rings (SSSR count). The summed E-state index contributed by atoms with van der Waals surface area (Å²) < 4.78 is 24.8. The Kier molecular flexibility index (Phi) is 5.80. The fraction of sp³-hybridized carbons (Fsp3) is 0.0870. The smallest absolute Gasteiger partial charge is 0.274 e. The van der Waals surface area contributed by atoms with E-state index in [4.69, 9.17) is 9.26 Å². The van der Waals surface area contributed by atoms with Crippen LogP contribution in [-0.2, 0) is 0 Å². The molecule has 6 nitrogen and oxygen atoms in total. The van der Waals surface area contributed by atoms with Crippen molar-refractivity contribution >= 4 is 5.91 Å². The van der Waals surface area contributed by atoms with Gasteiger partial charge in [0.2, 0.25) is 0 Å². The number of ether oxygens (including phenoxy) is 1. The predicted octanol–water partition coefficient (Wildman–Crippen LogP) is 4.43. The highest BCUT2D eigenvalue weighted by atomic mass is 19.1. The normalized spacial score (nSPS) is 11.6. The number of aromatic nitrogens is 2. The number of hydrogen-bond donors (Lipinski definition) is 1. The van der Waals surface area contributed by atoms with E-state index in [1.807, 2.05) is 30.3 Å². The summed E-state index contributed by atoms with van der Waals surface area (Å²) in [6, 6.07) is 20.0. The van der Waals surface area contributed by atoms with Gasteiger partial charge >= 0.3 is 0 Å². The second-order valence-corrected chi connectivity index (χ2v) is 6.49. The first-order chi connectivity index (χ1) is 14.7. The van der Waals surface area contributed by atoms with E-state index in [-0.39, 0.29) is 18.1 Å². The van der Waals surface area contributed by atoms with Gasteiger partial charge < -0.3 is 14.6 Å². The van der Waals surface area contributed by atoms with Crippen LogP contribution in [-0.4, -0.2) is 22.7 Å². The predicted molar refractivity (Wildman–Crippen MR) is 108 cm³/mol. The first-order valence-corrected chi connectivity index (χ1v) is 9.31. The molecular weight excluding hydrogens is 385 g/mol. The summed E-state index contributed by atoms with van der Waals surface area (Å²) >= 11 is 0. The molecule has 0 bridgehead atoms. The van der Waals surface area contributed by atoms with E-state index in [1.54, 1.807) is 42.7 Å². The Morgan fingerprint density at radius 1 is 1.03 bits per heavy atom. The molecule has 2 heterocycles. The second kappa shape index (κ2) is 9.00. The Morgan fingerprint density at radius 3 is 2.53 bits per heavy atom. The number of nitrogens with zero attached hydrogens (tertiary/aromatic N) is 2. The highest BCUT2D eigenvalue weighted by Gasteiger charge is 2.20. The van der Waals surface area contributed by atoms with Crippen LogP contribution < -0.4 is 10.1 Å². The third-order valence-corrected chi connectivity index (χ3v) is 4.46. The summed E-state index contributed by atoms with van der Waals surface area (Å²) in [7, 11) is 0. The average Bonchev–Trinajstić information content (AvgIpc) is 3.29. The molecule has 0 fully saturated rings. The number of pyridine rings is 1. The first-order valence-electron chi connectivity index (χ1n) is 9.31. The number of halogens is 1. The summed E-state index contributed by atoms with van der Waals surface area (Å²) in [6.07, 6.45) is 3.26. The van der Waals surface area contributed by atoms with Gasteiger partial charge in [0.25, 0.3) is 5.91 Å². The topological polar surface area (TPSA) is 77.2 Å². The van der Waals surface area contributed by atoms with E-state index in [1.165, 1.54) is 12.1 Å². The molecular formula is C23H18FN3O3. The second-order valence-electron chi connectivity index (χ2n) is 6.49. The van der Waals surface area contributed by atoms with Crippen molar-refractivity contribution < 1.29 is 18.4 Å². The van der Waals surface area contributed by atoms with Crippen LogP contribution in [0.2, 0.25) is 0 Å². The minimum absolute atomic E-state index is 0.0474.